The lowest BCUT2D eigenvalue weighted by Gasteiger charge is -2.39. The summed E-state index contributed by atoms with van der Waals surface area (Å²) in [6.45, 7) is 4.57. The summed E-state index contributed by atoms with van der Waals surface area (Å²) in [5.41, 5.74) is 0.444. The molecule has 0 bridgehead atoms. The van der Waals surface area contributed by atoms with Crippen LogP contribution in [0.15, 0.2) is 0 Å². The van der Waals surface area contributed by atoms with Gasteiger partial charge in [-0.1, -0.05) is 0 Å². The average Bonchev–Trinajstić information content (AvgIpc) is 2.98. The average molecular weight is 265 g/mol. The van der Waals surface area contributed by atoms with Gasteiger partial charge in [-0.2, -0.15) is 0 Å². The molecule has 0 saturated carbocycles. The van der Waals surface area contributed by atoms with Gasteiger partial charge in [-0.05, 0) is 31.2 Å². The van der Waals surface area contributed by atoms with Crippen LogP contribution < -0.4 is 5.32 Å². The van der Waals surface area contributed by atoms with Gasteiger partial charge in [0.2, 0.25) is 11.8 Å². The van der Waals surface area contributed by atoms with E-state index in [0.717, 1.165) is 39.0 Å². The van der Waals surface area contributed by atoms with Crippen molar-refractivity contribution in [2.75, 3.05) is 39.8 Å². The first kappa shape index (κ1) is 12.9. The summed E-state index contributed by atoms with van der Waals surface area (Å²) in [6, 6.07) is 0. The van der Waals surface area contributed by atoms with Gasteiger partial charge in [0.15, 0.2) is 0 Å². The Kier molecular flexibility index (Phi) is 3.25. The summed E-state index contributed by atoms with van der Waals surface area (Å²) < 4.78 is 0. The highest BCUT2D eigenvalue weighted by molar-refractivity contribution is 5.89. The Morgan fingerprint density at radius 3 is 2.58 bits per heavy atom. The third-order valence-electron chi connectivity index (χ3n) is 5.16. The Morgan fingerprint density at radius 1 is 1.32 bits per heavy atom. The molecule has 3 heterocycles. The molecule has 1 N–H and O–H groups in total. The van der Waals surface area contributed by atoms with Gasteiger partial charge in [-0.15, -0.1) is 0 Å². The molecular formula is C14H23N3O2. The van der Waals surface area contributed by atoms with Crippen LogP contribution in [0.1, 0.15) is 25.7 Å². The molecule has 0 aromatic carbocycles. The van der Waals surface area contributed by atoms with Crippen molar-refractivity contribution in [1.82, 2.24) is 15.1 Å². The minimum atomic E-state index is -0.103. The van der Waals surface area contributed by atoms with Crippen molar-refractivity contribution in [3.8, 4) is 0 Å². The van der Waals surface area contributed by atoms with E-state index in [4.69, 9.17) is 0 Å². The highest BCUT2D eigenvalue weighted by Crippen LogP contribution is 2.37. The number of nitrogens with zero attached hydrogens (tertiary/aromatic N) is 2. The molecule has 0 radical (unpaired) electrons. The van der Waals surface area contributed by atoms with Gasteiger partial charge in [0.1, 0.15) is 0 Å². The van der Waals surface area contributed by atoms with Crippen LogP contribution in [0.25, 0.3) is 0 Å². The number of carbonyl (C=O) groups is 2. The molecule has 0 aliphatic carbocycles. The number of amides is 2. The lowest BCUT2D eigenvalue weighted by molar-refractivity contribution is -0.138. The number of rotatable bonds is 1. The van der Waals surface area contributed by atoms with Gasteiger partial charge >= 0.3 is 0 Å². The van der Waals surface area contributed by atoms with Crippen LogP contribution in [0.2, 0.25) is 0 Å². The summed E-state index contributed by atoms with van der Waals surface area (Å²) in [5, 5.41) is 3.44. The van der Waals surface area contributed by atoms with Crippen molar-refractivity contribution in [1.29, 1.82) is 0 Å². The third-order valence-corrected chi connectivity index (χ3v) is 5.16. The monoisotopic (exact) mass is 265 g/mol. The number of hydrogen-bond donors (Lipinski definition) is 1. The quantitative estimate of drug-likeness (QED) is 0.730. The second-order valence-electron chi connectivity index (χ2n) is 6.43. The van der Waals surface area contributed by atoms with Crippen LogP contribution in [0.3, 0.4) is 0 Å². The predicted octanol–water partition coefficient (Wildman–Crippen LogP) is 0.0668. The molecule has 1 atom stereocenters. The molecule has 5 nitrogen and oxygen atoms in total. The summed E-state index contributed by atoms with van der Waals surface area (Å²) in [6.07, 6.45) is 3.88. The highest BCUT2D eigenvalue weighted by atomic mass is 16.2. The Labute approximate surface area is 114 Å². The van der Waals surface area contributed by atoms with Crippen molar-refractivity contribution in [3.63, 3.8) is 0 Å². The van der Waals surface area contributed by atoms with Crippen LogP contribution in [-0.2, 0) is 9.59 Å². The maximum Gasteiger partial charge on any atom is 0.227 e. The molecule has 3 rings (SSSR count). The predicted molar refractivity (Wildman–Crippen MR) is 71.5 cm³/mol. The van der Waals surface area contributed by atoms with Gasteiger partial charge in [0, 0.05) is 39.6 Å². The fraction of sp³-hybridized carbons (Fsp3) is 0.857. The van der Waals surface area contributed by atoms with Gasteiger partial charge < -0.3 is 15.1 Å². The Balaban J connectivity index is 1.56. The normalized spacial score (nSPS) is 30.4. The van der Waals surface area contributed by atoms with Gasteiger partial charge in [-0.3, -0.25) is 9.59 Å². The lowest BCUT2D eigenvalue weighted by Crippen LogP contribution is -2.46. The first-order chi connectivity index (χ1) is 9.10. The molecular weight excluding hydrogens is 242 g/mol. The number of piperidine rings is 1. The van der Waals surface area contributed by atoms with E-state index in [2.05, 4.69) is 5.32 Å². The van der Waals surface area contributed by atoms with Gasteiger partial charge in [0.05, 0.1) is 5.92 Å². The van der Waals surface area contributed by atoms with E-state index >= 15 is 0 Å². The minimum Gasteiger partial charge on any atom is -0.345 e. The lowest BCUT2D eigenvalue weighted by atomic mass is 9.77. The van der Waals surface area contributed by atoms with E-state index < -0.39 is 0 Å². The molecule has 1 unspecified atom stereocenters. The minimum absolute atomic E-state index is 0.103. The Morgan fingerprint density at radius 2 is 2.05 bits per heavy atom. The summed E-state index contributed by atoms with van der Waals surface area (Å²) >= 11 is 0. The molecule has 0 aromatic heterocycles. The zero-order valence-corrected chi connectivity index (χ0v) is 11.7. The summed E-state index contributed by atoms with van der Waals surface area (Å²) in [4.78, 5) is 27.6. The van der Waals surface area contributed by atoms with E-state index in [1.807, 2.05) is 4.90 Å². The maximum absolute atomic E-state index is 12.4. The molecule has 5 heteroatoms. The van der Waals surface area contributed by atoms with Crippen LogP contribution in [0, 0.1) is 11.3 Å². The standard InChI is InChI=1S/C14H23N3O2/c1-16-9-11(8-12(16)18)13(19)17-6-3-14(4-7-17)2-5-15-10-14/h11,15H,2-10H2,1H3. The van der Waals surface area contributed by atoms with E-state index in [0.29, 0.717) is 18.4 Å². The molecule has 2 amide bonds. The van der Waals surface area contributed by atoms with E-state index in [1.54, 1.807) is 11.9 Å². The van der Waals surface area contributed by atoms with Crippen molar-refractivity contribution in [2.45, 2.75) is 25.7 Å². The van der Waals surface area contributed by atoms with Crippen LogP contribution in [0.4, 0.5) is 0 Å². The van der Waals surface area contributed by atoms with Crippen molar-refractivity contribution in [2.24, 2.45) is 11.3 Å². The highest BCUT2D eigenvalue weighted by Gasteiger charge is 2.41. The van der Waals surface area contributed by atoms with Crippen LogP contribution >= 0.6 is 0 Å². The second-order valence-corrected chi connectivity index (χ2v) is 6.43. The first-order valence-electron chi connectivity index (χ1n) is 7.33. The van der Waals surface area contributed by atoms with Crippen LogP contribution in [0.5, 0.6) is 0 Å². The molecule has 1 spiro atoms. The zero-order valence-electron chi connectivity index (χ0n) is 11.7. The molecule has 106 valence electrons. The maximum atomic E-state index is 12.4. The van der Waals surface area contributed by atoms with E-state index in [9.17, 15) is 9.59 Å². The Bertz CT molecular complexity index is 380. The number of nitrogens with one attached hydrogen (secondary N) is 1. The zero-order chi connectivity index (χ0) is 13.5. The van der Waals surface area contributed by atoms with Crippen LogP contribution in [-0.4, -0.2) is 61.4 Å². The molecule has 3 aliphatic rings. The second kappa shape index (κ2) is 4.78. The fourth-order valence-corrected chi connectivity index (χ4v) is 3.71. The van der Waals surface area contributed by atoms with E-state index in [1.165, 1.54) is 6.42 Å². The van der Waals surface area contributed by atoms with Gasteiger partial charge in [-0.25, -0.2) is 0 Å². The summed E-state index contributed by atoms with van der Waals surface area (Å²) in [5.74, 6) is 0.193. The first-order valence-corrected chi connectivity index (χ1v) is 7.33. The molecule has 3 saturated heterocycles. The number of likely N-dealkylation sites (tertiary alicyclic amines) is 2. The van der Waals surface area contributed by atoms with Crippen molar-refractivity contribution in [3.05, 3.63) is 0 Å². The molecule has 3 fully saturated rings. The fourth-order valence-electron chi connectivity index (χ4n) is 3.71. The summed E-state index contributed by atoms with van der Waals surface area (Å²) in [7, 11) is 1.78. The largest absolute Gasteiger partial charge is 0.345 e. The topological polar surface area (TPSA) is 52.7 Å². The number of carbonyl (C=O) groups excluding carboxylic acids is 2. The van der Waals surface area contributed by atoms with E-state index in [-0.39, 0.29) is 17.7 Å². The van der Waals surface area contributed by atoms with Gasteiger partial charge in [0.25, 0.3) is 0 Å². The molecule has 0 aromatic rings. The molecule has 3 aliphatic heterocycles. The third kappa shape index (κ3) is 2.36. The molecule has 19 heavy (non-hydrogen) atoms. The number of hydrogen-bond acceptors (Lipinski definition) is 3. The Hall–Kier alpha value is -1.10. The smallest absolute Gasteiger partial charge is 0.227 e. The van der Waals surface area contributed by atoms with Crippen molar-refractivity contribution >= 4 is 11.8 Å². The SMILES string of the molecule is CN1CC(C(=O)N2CCC3(CCNC3)CC2)CC1=O. The van der Waals surface area contributed by atoms with Crippen molar-refractivity contribution < 1.29 is 9.59 Å².